The van der Waals surface area contributed by atoms with Crippen LogP contribution < -0.4 is 11.1 Å². The maximum atomic E-state index is 11.9. The molecule has 0 fully saturated rings. The molecule has 0 heterocycles. The van der Waals surface area contributed by atoms with Crippen molar-refractivity contribution in [2.24, 2.45) is 5.73 Å². The van der Waals surface area contributed by atoms with Crippen LogP contribution in [0, 0.1) is 6.92 Å². The zero-order valence-corrected chi connectivity index (χ0v) is 11.8. The summed E-state index contributed by atoms with van der Waals surface area (Å²) in [5.41, 5.74) is 6.44. The third-order valence-electron chi connectivity index (χ3n) is 2.74. The highest BCUT2D eigenvalue weighted by Gasteiger charge is 2.27. The third-order valence-corrected chi connectivity index (χ3v) is 2.74. The van der Waals surface area contributed by atoms with E-state index in [9.17, 15) is 9.90 Å². The molecule has 102 valence electrons. The van der Waals surface area contributed by atoms with Crippen LogP contribution in [0.15, 0.2) is 18.2 Å². The first-order chi connectivity index (χ1) is 7.86. The van der Waals surface area contributed by atoms with Crippen molar-refractivity contribution in [3.63, 3.8) is 0 Å². The molecule has 0 aliphatic heterocycles. The van der Waals surface area contributed by atoms with Crippen LogP contribution in [0.25, 0.3) is 0 Å². The highest BCUT2D eigenvalue weighted by atomic mass is 35.5. The molecular formula is C13H21ClN2O2. The number of halogens is 1. The number of hydrogen-bond donors (Lipinski definition) is 3. The highest BCUT2D eigenvalue weighted by Crippen LogP contribution is 2.21. The summed E-state index contributed by atoms with van der Waals surface area (Å²) in [5, 5.41) is 12.1. The van der Waals surface area contributed by atoms with Crippen molar-refractivity contribution in [2.45, 2.75) is 39.2 Å². The van der Waals surface area contributed by atoms with Gasteiger partial charge in [0.25, 0.3) is 0 Å². The predicted octanol–water partition coefficient (Wildman–Crippen LogP) is 2.58. The Bertz CT molecular complexity index is 419. The lowest BCUT2D eigenvalue weighted by molar-refractivity contribution is -0.120. The standard InChI is InChI=1S/C13H20N2O2.ClH/c1-4-7-13(3,14)12(17)15-10-5-6-11(16)9(2)8-10;/h5-6,8,16H,4,7,14H2,1-3H3,(H,15,17);1H. The summed E-state index contributed by atoms with van der Waals surface area (Å²) in [4.78, 5) is 11.9. The number of carbonyl (C=O) groups excluding carboxylic acids is 1. The number of nitrogens with two attached hydrogens (primary N) is 1. The van der Waals surface area contributed by atoms with Crippen molar-refractivity contribution in [3.05, 3.63) is 23.8 Å². The Kier molecular flexibility index (Phi) is 6.15. The number of aromatic hydroxyl groups is 1. The van der Waals surface area contributed by atoms with Crippen molar-refractivity contribution in [1.29, 1.82) is 0 Å². The van der Waals surface area contributed by atoms with Crippen molar-refractivity contribution in [3.8, 4) is 5.75 Å². The lowest BCUT2D eigenvalue weighted by Gasteiger charge is -2.23. The molecule has 1 rings (SSSR count). The van der Waals surface area contributed by atoms with Gasteiger partial charge in [0.15, 0.2) is 0 Å². The number of aryl methyl sites for hydroxylation is 1. The molecule has 1 atom stereocenters. The van der Waals surface area contributed by atoms with Crippen LogP contribution in [0.4, 0.5) is 5.69 Å². The second kappa shape index (κ2) is 6.61. The largest absolute Gasteiger partial charge is 0.508 e. The van der Waals surface area contributed by atoms with Crippen molar-refractivity contribution < 1.29 is 9.90 Å². The van der Waals surface area contributed by atoms with Gasteiger partial charge in [-0.2, -0.15) is 0 Å². The second-order valence-electron chi connectivity index (χ2n) is 4.62. The topological polar surface area (TPSA) is 75.4 Å². The van der Waals surface area contributed by atoms with E-state index >= 15 is 0 Å². The van der Waals surface area contributed by atoms with E-state index in [2.05, 4.69) is 5.32 Å². The minimum Gasteiger partial charge on any atom is -0.508 e. The monoisotopic (exact) mass is 272 g/mol. The highest BCUT2D eigenvalue weighted by molar-refractivity contribution is 5.97. The minimum atomic E-state index is -0.861. The Hall–Kier alpha value is -1.26. The molecule has 0 aliphatic rings. The van der Waals surface area contributed by atoms with Gasteiger partial charge in [-0.05, 0) is 44.0 Å². The number of hydrogen-bond acceptors (Lipinski definition) is 3. The van der Waals surface area contributed by atoms with Crippen LogP contribution in [0.5, 0.6) is 5.75 Å². The first-order valence-electron chi connectivity index (χ1n) is 5.77. The first kappa shape index (κ1) is 16.7. The van der Waals surface area contributed by atoms with Gasteiger partial charge in [-0.3, -0.25) is 4.79 Å². The third kappa shape index (κ3) is 4.20. The van der Waals surface area contributed by atoms with Crippen LogP contribution in [0.2, 0.25) is 0 Å². The summed E-state index contributed by atoms with van der Waals surface area (Å²) in [6.07, 6.45) is 1.49. The van der Waals surface area contributed by atoms with E-state index < -0.39 is 5.54 Å². The van der Waals surface area contributed by atoms with Crippen molar-refractivity contribution in [1.82, 2.24) is 0 Å². The summed E-state index contributed by atoms with van der Waals surface area (Å²) < 4.78 is 0. The Morgan fingerprint density at radius 1 is 1.50 bits per heavy atom. The van der Waals surface area contributed by atoms with E-state index in [-0.39, 0.29) is 24.1 Å². The van der Waals surface area contributed by atoms with E-state index in [0.717, 1.165) is 12.0 Å². The maximum absolute atomic E-state index is 11.9. The molecule has 0 spiro atoms. The van der Waals surface area contributed by atoms with E-state index in [1.807, 2.05) is 6.92 Å². The molecule has 0 aliphatic carbocycles. The van der Waals surface area contributed by atoms with E-state index in [1.165, 1.54) is 0 Å². The summed E-state index contributed by atoms with van der Waals surface area (Å²) >= 11 is 0. The summed E-state index contributed by atoms with van der Waals surface area (Å²) in [5.74, 6) is 0.0107. The number of phenolic OH excluding ortho intramolecular Hbond substituents is 1. The van der Waals surface area contributed by atoms with Crippen molar-refractivity contribution in [2.75, 3.05) is 5.32 Å². The van der Waals surface area contributed by atoms with Crippen LogP contribution in [0.1, 0.15) is 32.3 Å². The molecule has 0 saturated carbocycles. The second-order valence-corrected chi connectivity index (χ2v) is 4.62. The number of amides is 1. The van der Waals surface area contributed by atoms with E-state index in [0.29, 0.717) is 12.1 Å². The van der Waals surface area contributed by atoms with Crippen LogP contribution >= 0.6 is 12.4 Å². The van der Waals surface area contributed by atoms with Gasteiger partial charge in [0.2, 0.25) is 5.91 Å². The van der Waals surface area contributed by atoms with Gasteiger partial charge in [-0.1, -0.05) is 13.3 Å². The smallest absolute Gasteiger partial charge is 0.244 e. The molecule has 1 unspecified atom stereocenters. The minimum absolute atomic E-state index is 0. The van der Waals surface area contributed by atoms with Crippen molar-refractivity contribution >= 4 is 24.0 Å². The summed E-state index contributed by atoms with van der Waals surface area (Å²) in [7, 11) is 0. The molecule has 1 aromatic rings. The number of phenols is 1. The predicted molar refractivity (Wildman–Crippen MR) is 76.2 cm³/mol. The fraction of sp³-hybridized carbons (Fsp3) is 0.462. The van der Waals surface area contributed by atoms with Gasteiger partial charge >= 0.3 is 0 Å². The molecule has 1 amide bonds. The van der Waals surface area contributed by atoms with Gasteiger partial charge < -0.3 is 16.2 Å². The van der Waals surface area contributed by atoms with Crippen LogP contribution in [-0.4, -0.2) is 16.6 Å². The van der Waals surface area contributed by atoms with E-state index in [4.69, 9.17) is 5.73 Å². The van der Waals surface area contributed by atoms with E-state index in [1.54, 1.807) is 32.0 Å². The number of anilines is 1. The molecule has 4 N–H and O–H groups in total. The zero-order chi connectivity index (χ0) is 13.1. The Morgan fingerprint density at radius 3 is 2.61 bits per heavy atom. The molecule has 0 aromatic heterocycles. The Labute approximate surface area is 114 Å². The molecular weight excluding hydrogens is 252 g/mol. The van der Waals surface area contributed by atoms with Gasteiger partial charge in [-0.15, -0.1) is 12.4 Å². The number of rotatable bonds is 4. The fourth-order valence-electron chi connectivity index (χ4n) is 1.64. The summed E-state index contributed by atoms with van der Waals surface area (Å²) in [6.45, 7) is 5.49. The molecule has 0 bridgehead atoms. The zero-order valence-electron chi connectivity index (χ0n) is 11.0. The SMILES string of the molecule is CCCC(C)(N)C(=O)Nc1ccc(O)c(C)c1.Cl. The van der Waals surface area contributed by atoms with Gasteiger partial charge in [0.05, 0.1) is 5.54 Å². The molecule has 0 radical (unpaired) electrons. The Balaban J connectivity index is 0.00000289. The molecule has 4 nitrogen and oxygen atoms in total. The molecule has 0 saturated heterocycles. The molecule has 18 heavy (non-hydrogen) atoms. The normalized spacial score (nSPS) is 13.3. The van der Waals surface area contributed by atoms with Gasteiger partial charge in [0, 0.05) is 5.69 Å². The Morgan fingerprint density at radius 2 is 2.11 bits per heavy atom. The quantitative estimate of drug-likeness (QED) is 0.738. The number of carbonyl (C=O) groups is 1. The lowest BCUT2D eigenvalue weighted by Crippen LogP contribution is -2.48. The van der Waals surface area contributed by atoms with Gasteiger partial charge in [-0.25, -0.2) is 0 Å². The van der Waals surface area contributed by atoms with Gasteiger partial charge in [0.1, 0.15) is 5.75 Å². The molecule has 1 aromatic carbocycles. The number of nitrogens with one attached hydrogen (secondary N) is 1. The van der Waals surface area contributed by atoms with Crippen LogP contribution in [0.3, 0.4) is 0 Å². The number of benzene rings is 1. The lowest BCUT2D eigenvalue weighted by atomic mass is 9.96. The summed E-state index contributed by atoms with van der Waals surface area (Å²) in [6, 6.07) is 4.93. The maximum Gasteiger partial charge on any atom is 0.244 e. The average molecular weight is 273 g/mol. The van der Waals surface area contributed by atoms with Crippen LogP contribution in [-0.2, 0) is 4.79 Å². The fourth-order valence-corrected chi connectivity index (χ4v) is 1.64. The first-order valence-corrected chi connectivity index (χ1v) is 5.77. The average Bonchev–Trinajstić information content (AvgIpc) is 2.23. The molecule has 5 heteroatoms.